The summed E-state index contributed by atoms with van der Waals surface area (Å²) in [6.45, 7) is 10.2. The van der Waals surface area contributed by atoms with Crippen LogP contribution in [0.15, 0.2) is 42.0 Å². The van der Waals surface area contributed by atoms with Crippen LogP contribution in [0.1, 0.15) is 109 Å². The van der Waals surface area contributed by atoms with Gasteiger partial charge in [0.2, 0.25) is 21.8 Å². The zero-order chi connectivity index (χ0) is 46.2. The highest BCUT2D eigenvalue weighted by atomic mass is 32.2. The third-order valence-electron chi connectivity index (χ3n) is 15.1. The average Bonchev–Trinajstić information content (AvgIpc) is 4.14. The van der Waals surface area contributed by atoms with Crippen LogP contribution in [-0.4, -0.2) is 128 Å². The normalized spacial score (nSPS) is 29.7. The predicted octanol–water partition coefficient (Wildman–Crippen LogP) is 5.02. The fourth-order valence-corrected chi connectivity index (χ4v) is 11.7. The molecule has 0 radical (unpaired) electrons. The van der Waals surface area contributed by atoms with Gasteiger partial charge in [0.1, 0.15) is 47.9 Å². The molecular weight excluding hydrogens is 865 g/mol. The Labute approximate surface area is 388 Å². The Morgan fingerprint density at radius 3 is 2.56 bits per heavy atom. The molecule has 17 heteroatoms. The molecule has 3 aliphatic heterocycles. The molecule has 3 N–H and O–H groups in total. The Morgan fingerprint density at radius 1 is 1.03 bits per heavy atom. The number of hydrogen-bond acceptors (Lipinski definition) is 12. The Hall–Kier alpha value is -4.74. The summed E-state index contributed by atoms with van der Waals surface area (Å²) in [5.74, 6) is -0.484. The molecule has 4 heterocycles. The van der Waals surface area contributed by atoms with Crippen molar-refractivity contribution < 1.29 is 46.5 Å². The number of allylic oxidation sites excluding steroid dienone is 2. The molecule has 0 spiro atoms. The lowest BCUT2D eigenvalue weighted by molar-refractivity contribution is -0.144. The third kappa shape index (κ3) is 9.67. The Balaban J connectivity index is 1.01. The molecule has 0 bridgehead atoms. The fourth-order valence-electron chi connectivity index (χ4n) is 10.4. The lowest BCUT2D eigenvalue weighted by atomic mass is 9.65. The number of morpholine rings is 1. The van der Waals surface area contributed by atoms with Gasteiger partial charge in [-0.15, -0.1) is 0 Å². The third-order valence-corrected chi connectivity index (χ3v) is 17.3. The van der Waals surface area contributed by atoms with Crippen LogP contribution >= 0.6 is 0 Å². The molecule has 4 amide bonds. The lowest BCUT2D eigenvalue weighted by Gasteiger charge is -2.47. The minimum Gasteiger partial charge on any atom is -0.492 e. The van der Waals surface area contributed by atoms with Crippen LogP contribution in [0.5, 0.6) is 11.5 Å². The number of sulfonamides is 1. The number of pyridine rings is 1. The SMILES string of the molecule is CCc1nc2ccc(OCCN3CCOCC3)cc2c(CC)c1OC1CC2C(=O)NC3(C(=O)NS(=O)(=O)C4(C)CC4)CCC3C=CCCCCCC(NC(=O)OC3C=C4CC4C3)C(=O)N2C1. The number of hydrogen-bond donors (Lipinski definition) is 3. The standard InChI is InChI=1S/C49H66N6O10S/c1-4-37-38-28-34(63-24-21-54-19-22-62-23-20-54)13-14-40(38)50-39(5-2)43(37)64-36-29-42-44(56)52-49(46(58)53-66(60,61)48(3)17-18-48)16-15-33(49)11-9-7-6-8-10-12-41(45(57)55(42)30-36)51-47(59)65-35-26-31-25-32(31)27-35/h9,11,13-14,26,28,32-33,35-36,41-42H,4-8,10,12,15-25,27,29-30H2,1-3H3,(H,51,59)(H,52,56)(H,53,58). The predicted molar refractivity (Wildman–Crippen MR) is 246 cm³/mol. The van der Waals surface area contributed by atoms with E-state index in [0.717, 1.165) is 86.4 Å². The Morgan fingerprint density at radius 2 is 1.85 bits per heavy atom. The molecule has 5 fully saturated rings. The number of carbonyl (C=O) groups excluding carboxylic acids is 4. The summed E-state index contributed by atoms with van der Waals surface area (Å²) in [7, 11) is -4.02. The van der Waals surface area contributed by atoms with Crippen molar-refractivity contribution in [2.75, 3.05) is 46.0 Å². The van der Waals surface area contributed by atoms with E-state index in [0.29, 0.717) is 69.6 Å². The van der Waals surface area contributed by atoms with Crippen molar-refractivity contribution in [2.24, 2.45) is 11.8 Å². The minimum absolute atomic E-state index is 0.0187. The molecule has 358 valence electrons. The van der Waals surface area contributed by atoms with Crippen LogP contribution < -0.4 is 24.8 Å². The molecule has 66 heavy (non-hydrogen) atoms. The highest BCUT2D eigenvalue weighted by Gasteiger charge is 2.58. The largest absolute Gasteiger partial charge is 0.492 e. The number of alkyl carbamates (subject to hydrolysis) is 1. The van der Waals surface area contributed by atoms with Crippen LogP contribution in [0.3, 0.4) is 0 Å². The molecule has 4 aliphatic carbocycles. The summed E-state index contributed by atoms with van der Waals surface area (Å²) in [6.07, 6.45) is 12.2. The molecule has 7 aliphatic rings. The van der Waals surface area contributed by atoms with Crippen LogP contribution in [0.25, 0.3) is 10.9 Å². The number of amides is 4. The smallest absolute Gasteiger partial charge is 0.408 e. The number of aromatic nitrogens is 1. The van der Waals surface area contributed by atoms with Crippen LogP contribution in [0, 0.1) is 11.8 Å². The van der Waals surface area contributed by atoms with Gasteiger partial charge in [0.15, 0.2) is 0 Å². The zero-order valence-electron chi connectivity index (χ0n) is 38.6. The van der Waals surface area contributed by atoms with Crippen molar-refractivity contribution in [2.45, 2.75) is 145 Å². The second-order valence-electron chi connectivity index (χ2n) is 19.6. The number of ether oxygens (including phenoxy) is 4. The van der Waals surface area contributed by atoms with Gasteiger partial charge in [0, 0.05) is 42.9 Å². The summed E-state index contributed by atoms with van der Waals surface area (Å²) in [5.41, 5.74) is 2.24. The van der Waals surface area contributed by atoms with Crippen molar-refractivity contribution in [3.63, 3.8) is 0 Å². The van der Waals surface area contributed by atoms with Crippen molar-refractivity contribution in [3.8, 4) is 11.5 Å². The second kappa shape index (κ2) is 19.1. The van der Waals surface area contributed by atoms with E-state index in [4.69, 9.17) is 23.9 Å². The minimum atomic E-state index is -4.02. The molecule has 2 saturated heterocycles. The highest BCUT2D eigenvalue weighted by molar-refractivity contribution is 7.91. The Kier molecular flexibility index (Phi) is 13.4. The van der Waals surface area contributed by atoms with Gasteiger partial charge in [-0.3, -0.25) is 24.0 Å². The van der Waals surface area contributed by atoms with Crippen molar-refractivity contribution in [1.82, 2.24) is 30.1 Å². The van der Waals surface area contributed by atoms with Gasteiger partial charge in [-0.1, -0.05) is 44.4 Å². The van der Waals surface area contributed by atoms with E-state index < -0.39 is 68.2 Å². The number of rotatable bonds is 13. The van der Waals surface area contributed by atoms with Crippen molar-refractivity contribution in [1.29, 1.82) is 0 Å². The molecule has 7 unspecified atom stereocenters. The van der Waals surface area contributed by atoms with Gasteiger partial charge in [-0.2, -0.15) is 0 Å². The summed E-state index contributed by atoms with van der Waals surface area (Å²) < 4.78 is 52.6. The maximum atomic E-state index is 15.0. The maximum absolute atomic E-state index is 15.0. The first-order valence-electron chi connectivity index (χ1n) is 24.4. The van der Waals surface area contributed by atoms with Crippen molar-refractivity contribution >= 4 is 44.7 Å². The van der Waals surface area contributed by atoms with E-state index in [-0.39, 0.29) is 25.5 Å². The topological polar surface area (TPSA) is 195 Å². The fraction of sp³-hybridized carbons (Fsp3) is 0.653. The number of benzene rings is 1. The number of aryl methyl sites for hydroxylation is 2. The first-order valence-corrected chi connectivity index (χ1v) is 25.9. The first kappa shape index (κ1) is 46.4. The van der Waals surface area contributed by atoms with Gasteiger partial charge in [-0.05, 0) is 108 Å². The molecule has 1 aromatic heterocycles. The average molecular weight is 931 g/mol. The van der Waals surface area contributed by atoms with Crippen LogP contribution in [-0.2, 0) is 46.7 Å². The quantitative estimate of drug-likeness (QED) is 0.228. The number of nitrogens with zero attached hydrogens (tertiary/aromatic N) is 3. The van der Waals surface area contributed by atoms with Crippen LogP contribution in [0.2, 0.25) is 0 Å². The summed E-state index contributed by atoms with van der Waals surface area (Å²) in [6, 6.07) is 3.80. The number of nitrogens with one attached hydrogen (secondary N) is 3. The zero-order valence-corrected chi connectivity index (χ0v) is 39.4. The van der Waals surface area contributed by atoms with E-state index in [1.807, 2.05) is 43.4 Å². The van der Waals surface area contributed by atoms with Gasteiger partial charge < -0.3 is 34.5 Å². The maximum Gasteiger partial charge on any atom is 0.408 e. The van der Waals surface area contributed by atoms with E-state index in [2.05, 4.69) is 27.2 Å². The Bertz CT molecular complexity index is 2380. The lowest BCUT2D eigenvalue weighted by Crippen LogP contribution is -2.70. The summed E-state index contributed by atoms with van der Waals surface area (Å²) >= 11 is 0. The van der Waals surface area contributed by atoms with Gasteiger partial charge in [0.05, 0.1) is 35.7 Å². The van der Waals surface area contributed by atoms with Gasteiger partial charge in [-0.25, -0.2) is 18.2 Å². The molecule has 3 saturated carbocycles. The molecular formula is C49H66N6O10S. The first-order chi connectivity index (χ1) is 31.8. The van der Waals surface area contributed by atoms with E-state index >= 15 is 0 Å². The van der Waals surface area contributed by atoms with Crippen LogP contribution in [0.4, 0.5) is 4.79 Å². The van der Waals surface area contributed by atoms with E-state index in [1.54, 1.807) is 6.92 Å². The van der Waals surface area contributed by atoms with Gasteiger partial charge in [0.25, 0.3) is 5.91 Å². The molecule has 7 atom stereocenters. The molecule has 9 rings (SSSR count). The number of carbonyl (C=O) groups is 4. The number of fused-ring (bicyclic) bond motifs is 4. The van der Waals surface area contributed by atoms with E-state index in [1.165, 1.54) is 10.5 Å². The molecule has 1 aromatic carbocycles. The summed E-state index contributed by atoms with van der Waals surface area (Å²) in [4.78, 5) is 66.4. The highest BCUT2D eigenvalue weighted by Crippen LogP contribution is 2.48. The molecule has 16 nitrogen and oxygen atoms in total. The van der Waals surface area contributed by atoms with E-state index in [9.17, 15) is 27.6 Å². The monoisotopic (exact) mass is 930 g/mol. The molecule has 2 aromatic rings. The second-order valence-corrected chi connectivity index (χ2v) is 21.8. The van der Waals surface area contributed by atoms with Crippen molar-refractivity contribution in [3.05, 3.63) is 53.3 Å². The van der Waals surface area contributed by atoms with Gasteiger partial charge >= 0.3 is 6.09 Å². The summed E-state index contributed by atoms with van der Waals surface area (Å²) in [5, 5.41) is 6.79.